The first kappa shape index (κ1) is 17.9. The van der Waals surface area contributed by atoms with E-state index in [4.69, 9.17) is 11.2 Å². The Morgan fingerprint density at radius 1 is 1.31 bits per heavy atom. The molecule has 1 aromatic heterocycles. The van der Waals surface area contributed by atoms with Crippen molar-refractivity contribution < 1.29 is 9.53 Å². The van der Waals surface area contributed by atoms with E-state index in [0.29, 0.717) is 6.54 Å². The van der Waals surface area contributed by atoms with Crippen LogP contribution in [-0.2, 0) is 11.3 Å². The molecule has 0 bridgehead atoms. The van der Waals surface area contributed by atoms with E-state index in [1.165, 1.54) is 0 Å². The fourth-order valence-electron chi connectivity index (χ4n) is 3.00. The summed E-state index contributed by atoms with van der Waals surface area (Å²) in [5.41, 5.74) is 1.39. The van der Waals surface area contributed by atoms with Gasteiger partial charge in [0.2, 0.25) is 0 Å². The van der Waals surface area contributed by atoms with E-state index in [1.807, 2.05) is 55.8 Å². The number of amides is 1. The van der Waals surface area contributed by atoms with E-state index >= 15 is 0 Å². The molecule has 136 valence electrons. The minimum Gasteiger partial charge on any atom is -0.444 e. The topological polar surface area (TPSA) is 59.4 Å². The van der Waals surface area contributed by atoms with E-state index in [2.05, 4.69) is 21.2 Å². The number of ether oxygens (including phenoxy) is 1. The monoisotopic (exact) mass is 352 g/mol. The van der Waals surface area contributed by atoms with Crippen LogP contribution in [0.4, 0.5) is 16.3 Å². The SMILES string of the molecule is C#Cc1ccc(N2CC(CNC(=O)OC(C)(C)C)Cn3nccc32)cc1. The van der Waals surface area contributed by atoms with Crippen LogP contribution >= 0.6 is 0 Å². The summed E-state index contributed by atoms with van der Waals surface area (Å²) in [6, 6.07) is 9.87. The standard InChI is InChI=1S/C20H24N4O2/c1-5-15-6-8-17(9-7-15)23-13-16(14-24-18(23)10-11-22-24)12-21-19(25)26-20(2,3)4/h1,6-11,16H,12-14H2,2-4H3,(H,21,25). The van der Waals surface area contributed by atoms with Gasteiger partial charge in [-0.2, -0.15) is 5.10 Å². The molecule has 0 aliphatic carbocycles. The van der Waals surface area contributed by atoms with Crippen molar-refractivity contribution >= 4 is 17.6 Å². The van der Waals surface area contributed by atoms with Crippen molar-refractivity contribution in [2.75, 3.05) is 18.0 Å². The quantitative estimate of drug-likeness (QED) is 0.862. The number of alkyl carbamates (subject to hydrolysis) is 1. The Hall–Kier alpha value is -2.94. The maximum absolute atomic E-state index is 11.9. The molecule has 1 aromatic carbocycles. The summed E-state index contributed by atoms with van der Waals surface area (Å²) in [4.78, 5) is 14.1. The molecule has 6 nitrogen and oxygen atoms in total. The van der Waals surface area contributed by atoms with Crippen LogP contribution in [0.3, 0.4) is 0 Å². The van der Waals surface area contributed by atoms with Crippen LogP contribution in [0.2, 0.25) is 0 Å². The van der Waals surface area contributed by atoms with E-state index in [1.54, 1.807) is 6.20 Å². The van der Waals surface area contributed by atoms with Gasteiger partial charge in [-0.3, -0.25) is 0 Å². The van der Waals surface area contributed by atoms with Crippen molar-refractivity contribution in [3.8, 4) is 12.3 Å². The van der Waals surface area contributed by atoms with Gasteiger partial charge in [0.15, 0.2) is 0 Å². The summed E-state index contributed by atoms with van der Waals surface area (Å²) in [6.45, 7) is 7.60. The third-order valence-corrected chi connectivity index (χ3v) is 4.12. The fourth-order valence-corrected chi connectivity index (χ4v) is 3.00. The lowest BCUT2D eigenvalue weighted by Gasteiger charge is -2.35. The maximum Gasteiger partial charge on any atom is 0.407 e. The summed E-state index contributed by atoms with van der Waals surface area (Å²) in [5.74, 6) is 3.88. The molecule has 1 aliphatic rings. The molecule has 0 fully saturated rings. The van der Waals surface area contributed by atoms with E-state index in [-0.39, 0.29) is 5.92 Å². The number of anilines is 2. The van der Waals surface area contributed by atoms with Crippen LogP contribution in [0.25, 0.3) is 0 Å². The molecule has 0 radical (unpaired) electrons. The largest absolute Gasteiger partial charge is 0.444 e. The Morgan fingerprint density at radius 2 is 2.04 bits per heavy atom. The number of hydrogen-bond acceptors (Lipinski definition) is 4. The first-order valence-electron chi connectivity index (χ1n) is 8.68. The Kier molecular flexibility index (Phi) is 4.90. The highest BCUT2D eigenvalue weighted by Gasteiger charge is 2.27. The van der Waals surface area contributed by atoms with Crippen LogP contribution < -0.4 is 10.2 Å². The molecule has 1 unspecified atom stereocenters. The molecule has 2 aromatic rings. The molecule has 1 atom stereocenters. The lowest BCUT2D eigenvalue weighted by Crippen LogP contribution is -2.42. The molecular formula is C20H24N4O2. The highest BCUT2D eigenvalue weighted by molar-refractivity contribution is 5.67. The molecule has 2 heterocycles. The zero-order valence-corrected chi connectivity index (χ0v) is 15.4. The van der Waals surface area contributed by atoms with Crippen molar-refractivity contribution in [2.45, 2.75) is 32.9 Å². The Bertz CT molecular complexity index is 812. The number of benzene rings is 1. The Balaban J connectivity index is 1.71. The number of rotatable bonds is 3. The van der Waals surface area contributed by atoms with Gasteiger partial charge in [0.05, 0.1) is 6.20 Å². The van der Waals surface area contributed by atoms with Gasteiger partial charge in [-0.15, -0.1) is 6.42 Å². The number of fused-ring (bicyclic) bond motifs is 1. The van der Waals surface area contributed by atoms with Crippen molar-refractivity contribution in [3.05, 3.63) is 42.1 Å². The summed E-state index contributed by atoms with van der Waals surface area (Å²) in [6.07, 6.45) is 6.84. The van der Waals surface area contributed by atoms with E-state index < -0.39 is 11.7 Å². The number of aromatic nitrogens is 2. The van der Waals surface area contributed by atoms with Gasteiger partial charge < -0.3 is 15.0 Å². The first-order valence-corrected chi connectivity index (χ1v) is 8.68. The molecule has 1 N–H and O–H groups in total. The van der Waals surface area contributed by atoms with Gasteiger partial charge >= 0.3 is 6.09 Å². The second-order valence-electron chi connectivity index (χ2n) is 7.42. The normalized spacial score (nSPS) is 16.5. The summed E-state index contributed by atoms with van der Waals surface area (Å²) < 4.78 is 7.27. The summed E-state index contributed by atoms with van der Waals surface area (Å²) in [5, 5.41) is 7.27. The Morgan fingerprint density at radius 3 is 2.69 bits per heavy atom. The molecule has 26 heavy (non-hydrogen) atoms. The second kappa shape index (κ2) is 7.12. The molecule has 1 amide bonds. The van der Waals surface area contributed by atoms with Crippen LogP contribution in [0.1, 0.15) is 26.3 Å². The summed E-state index contributed by atoms with van der Waals surface area (Å²) >= 11 is 0. The third-order valence-electron chi connectivity index (χ3n) is 4.12. The highest BCUT2D eigenvalue weighted by atomic mass is 16.6. The molecule has 1 aliphatic heterocycles. The van der Waals surface area contributed by atoms with E-state index in [0.717, 1.165) is 30.2 Å². The summed E-state index contributed by atoms with van der Waals surface area (Å²) in [7, 11) is 0. The minimum absolute atomic E-state index is 0.210. The van der Waals surface area contributed by atoms with E-state index in [9.17, 15) is 4.79 Å². The third kappa shape index (κ3) is 4.17. The Labute approximate surface area is 154 Å². The van der Waals surface area contributed by atoms with Gasteiger partial charge in [0, 0.05) is 42.9 Å². The van der Waals surface area contributed by atoms with Gasteiger partial charge in [-0.1, -0.05) is 5.92 Å². The lowest BCUT2D eigenvalue weighted by molar-refractivity contribution is 0.0517. The average molecular weight is 352 g/mol. The predicted octanol–water partition coefficient (Wildman–Crippen LogP) is 3.16. The van der Waals surface area contributed by atoms with Gasteiger partial charge in [0.1, 0.15) is 11.4 Å². The van der Waals surface area contributed by atoms with Crippen molar-refractivity contribution in [1.82, 2.24) is 15.1 Å². The number of nitrogens with zero attached hydrogens (tertiary/aromatic N) is 3. The maximum atomic E-state index is 11.9. The fraction of sp³-hybridized carbons (Fsp3) is 0.400. The van der Waals surface area contributed by atoms with Crippen molar-refractivity contribution in [2.24, 2.45) is 5.92 Å². The first-order chi connectivity index (χ1) is 12.4. The molecule has 6 heteroatoms. The molecular weight excluding hydrogens is 328 g/mol. The van der Waals surface area contributed by atoms with Crippen LogP contribution in [-0.4, -0.2) is 34.6 Å². The highest BCUT2D eigenvalue weighted by Crippen LogP contribution is 2.30. The van der Waals surface area contributed by atoms with Crippen LogP contribution in [0, 0.1) is 18.3 Å². The van der Waals surface area contributed by atoms with Crippen LogP contribution in [0.5, 0.6) is 0 Å². The molecule has 3 rings (SSSR count). The smallest absolute Gasteiger partial charge is 0.407 e. The minimum atomic E-state index is -0.503. The average Bonchev–Trinajstić information content (AvgIpc) is 3.06. The van der Waals surface area contributed by atoms with Crippen LogP contribution in [0.15, 0.2) is 36.5 Å². The van der Waals surface area contributed by atoms with Gasteiger partial charge in [-0.25, -0.2) is 9.48 Å². The van der Waals surface area contributed by atoms with Crippen molar-refractivity contribution in [1.29, 1.82) is 0 Å². The number of carbonyl (C=O) groups is 1. The zero-order chi connectivity index (χ0) is 18.7. The number of terminal acetylenes is 1. The predicted molar refractivity (Wildman–Crippen MR) is 101 cm³/mol. The number of nitrogens with one attached hydrogen (secondary N) is 1. The molecule has 0 spiro atoms. The van der Waals surface area contributed by atoms with Crippen molar-refractivity contribution in [3.63, 3.8) is 0 Å². The second-order valence-corrected chi connectivity index (χ2v) is 7.42. The number of hydrogen-bond donors (Lipinski definition) is 1. The molecule has 0 saturated carbocycles. The zero-order valence-electron chi connectivity index (χ0n) is 15.4. The lowest BCUT2D eigenvalue weighted by atomic mass is 10.1. The number of carbonyl (C=O) groups excluding carboxylic acids is 1. The van der Waals surface area contributed by atoms with Gasteiger partial charge in [0.25, 0.3) is 0 Å². The molecule has 0 saturated heterocycles. The van der Waals surface area contributed by atoms with Gasteiger partial charge in [-0.05, 0) is 45.0 Å².